The highest BCUT2D eigenvalue weighted by molar-refractivity contribution is 7.99. The molecule has 6 heteroatoms. The van der Waals surface area contributed by atoms with Crippen LogP contribution < -0.4 is 5.56 Å². The molecule has 152 valence electrons. The molecule has 1 heterocycles. The van der Waals surface area contributed by atoms with Crippen molar-refractivity contribution in [3.8, 4) is 17.8 Å². The molecular weight excluding hydrogens is 392 g/mol. The van der Waals surface area contributed by atoms with Gasteiger partial charge < -0.3 is 0 Å². The van der Waals surface area contributed by atoms with Crippen molar-refractivity contribution in [2.75, 3.05) is 5.75 Å². The summed E-state index contributed by atoms with van der Waals surface area (Å²) in [7, 11) is 0. The Balaban J connectivity index is 2.04. The van der Waals surface area contributed by atoms with Crippen LogP contribution in [-0.2, 0) is 0 Å². The van der Waals surface area contributed by atoms with Gasteiger partial charge in [0.1, 0.15) is 0 Å². The predicted molar refractivity (Wildman–Crippen MR) is 121 cm³/mol. The molecule has 2 atom stereocenters. The van der Waals surface area contributed by atoms with E-state index in [0.717, 1.165) is 12.1 Å². The minimum absolute atomic E-state index is 0.120. The summed E-state index contributed by atoms with van der Waals surface area (Å²) in [6.07, 6.45) is 1.91. The average Bonchev–Trinajstić information content (AvgIpc) is 2.79. The fraction of sp³-hybridized carbons (Fsp3) is 0.333. The minimum Gasteiger partial charge on any atom is -0.268 e. The summed E-state index contributed by atoms with van der Waals surface area (Å²) in [5.41, 5.74) is 2.52. The molecule has 0 aliphatic carbocycles. The standard InChI is InChI=1S/C24H24N4OS/c1-3-17(2)19-10-12-20(13-11-19)28-23(29)21-8-4-5-9-22(21)27-24(28)30-16-18(15-26)7-6-14-25/h4-5,8-13,17-18H,3,6-7,16H2,1-2H3/t17-,18+/m0/s1. The highest BCUT2D eigenvalue weighted by Crippen LogP contribution is 2.26. The summed E-state index contributed by atoms with van der Waals surface area (Å²) in [5.74, 6) is 0.670. The fourth-order valence-corrected chi connectivity index (χ4v) is 4.30. The molecule has 3 rings (SSSR count). The average molecular weight is 417 g/mol. The van der Waals surface area contributed by atoms with Gasteiger partial charge in [-0.3, -0.25) is 9.36 Å². The largest absolute Gasteiger partial charge is 0.268 e. The third kappa shape index (κ3) is 4.72. The van der Waals surface area contributed by atoms with E-state index in [9.17, 15) is 10.1 Å². The third-order valence-electron chi connectivity index (χ3n) is 5.28. The van der Waals surface area contributed by atoms with Crippen LogP contribution in [0.15, 0.2) is 58.5 Å². The molecule has 2 aromatic carbocycles. The van der Waals surface area contributed by atoms with Gasteiger partial charge in [-0.2, -0.15) is 10.5 Å². The first-order valence-corrected chi connectivity index (χ1v) is 11.1. The highest BCUT2D eigenvalue weighted by atomic mass is 32.2. The van der Waals surface area contributed by atoms with E-state index in [1.54, 1.807) is 10.6 Å². The number of nitrogens with zero attached hydrogens (tertiary/aromatic N) is 4. The highest BCUT2D eigenvalue weighted by Gasteiger charge is 2.16. The number of thioether (sulfide) groups is 1. The van der Waals surface area contributed by atoms with E-state index >= 15 is 0 Å². The molecule has 0 saturated heterocycles. The Hall–Kier alpha value is -3.09. The lowest BCUT2D eigenvalue weighted by Gasteiger charge is -2.15. The number of rotatable bonds is 8. The maximum absolute atomic E-state index is 13.3. The van der Waals surface area contributed by atoms with Gasteiger partial charge in [-0.1, -0.05) is 49.9 Å². The van der Waals surface area contributed by atoms with Gasteiger partial charge in [0.05, 0.1) is 34.6 Å². The van der Waals surface area contributed by atoms with Crippen LogP contribution in [0.2, 0.25) is 0 Å². The van der Waals surface area contributed by atoms with Crippen LogP contribution in [0.1, 0.15) is 44.6 Å². The summed E-state index contributed by atoms with van der Waals surface area (Å²) in [5, 5.41) is 19.3. The molecule has 0 aliphatic rings. The van der Waals surface area contributed by atoms with Crippen molar-refractivity contribution in [3.05, 3.63) is 64.4 Å². The van der Waals surface area contributed by atoms with Gasteiger partial charge >= 0.3 is 0 Å². The lowest BCUT2D eigenvalue weighted by Crippen LogP contribution is -2.22. The summed E-state index contributed by atoms with van der Waals surface area (Å²) < 4.78 is 1.63. The lowest BCUT2D eigenvalue weighted by molar-refractivity contribution is 0.682. The number of hydrogen-bond donors (Lipinski definition) is 0. The molecule has 0 saturated carbocycles. The molecule has 5 nitrogen and oxygen atoms in total. The zero-order chi connectivity index (χ0) is 21.5. The van der Waals surface area contributed by atoms with Gasteiger partial charge in [0.25, 0.3) is 5.56 Å². The van der Waals surface area contributed by atoms with Crippen molar-refractivity contribution in [2.24, 2.45) is 5.92 Å². The quantitative estimate of drug-likeness (QED) is 0.361. The molecule has 0 amide bonds. The van der Waals surface area contributed by atoms with Crippen molar-refractivity contribution in [1.29, 1.82) is 10.5 Å². The second kappa shape index (κ2) is 10.1. The zero-order valence-corrected chi connectivity index (χ0v) is 18.0. The van der Waals surface area contributed by atoms with Crippen LogP contribution in [0.5, 0.6) is 0 Å². The van der Waals surface area contributed by atoms with Crippen molar-refractivity contribution < 1.29 is 0 Å². The Morgan fingerprint density at radius 3 is 2.53 bits per heavy atom. The monoisotopic (exact) mass is 416 g/mol. The molecule has 0 N–H and O–H groups in total. The van der Waals surface area contributed by atoms with E-state index in [-0.39, 0.29) is 11.5 Å². The Morgan fingerprint density at radius 2 is 1.87 bits per heavy atom. The maximum atomic E-state index is 13.3. The molecule has 0 bridgehead atoms. The van der Waals surface area contributed by atoms with E-state index in [1.807, 2.05) is 30.3 Å². The predicted octanol–water partition coefficient (Wildman–Crippen LogP) is 5.43. The number of fused-ring (bicyclic) bond motifs is 1. The lowest BCUT2D eigenvalue weighted by atomic mass is 9.98. The first kappa shape index (κ1) is 21.6. The first-order chi connectivity index (χ1) is 14.6. The Kier molecular flexibility index (Phi) is 7.27. The van der Waals surface area contributed by atoms with E-state index in [2.05, 4.69) is 38.1 Å². The second-order valence-corrected chi connectivity index (χ2v) is 8.27. The number of nitriles is 2. The van der Waals surface area contributed by atoms with Crippen LogP contribution in [0.3, 0.4) is 0 Å². The Labute approximate surface area is 181 Å². The van der Waals surface area contributed by atoms with Gasteiger partial charge in [-0.15, -0.1) is 0 Å². The minimum atomic E-state index is -0.265. The van der Waals surface area contributed by atoms with Crippen molar-refractivity contribution in [1.82, 2.24) is 9.55 Å². The normalized spacial score (nSPS) is 12.8. The van der Waals surface area contributed by atoms with Gasteiger partial charge in [-0.05, 0) is 48.6 Å². The zero-order valence-electron chi connectivity index (χ0n) is 17.2. The third-order valence-corrected chi connectivity index (χ3v) is 6.38. The SMILES string of the molecule is CC[C@H](C)c1ccc(-n2c(SC[C@@H](C#N)CCC#N)nc3ccccc3c2=O)cc1. The summed E-state index contributed by atoms with van der Waals surface area (Å²) in [4.78, 5) is 18.0. The molecule has 1 aromatic heterocycles. The maximum Gasteiger partial charge on any atom is 0.266 e. The molecule has 0 unspecified atom stereocenters. The topological polar surface area (TPSA) is 82.5 Å². The molecule has 30 heavy (non-hydrogen) atoms. The second-order valence-electron chi connectivity index (χ2n) is 7.29. The van der Waals surface area contributed by atoms with Crippen molar-refractivity contribution >= 4 is 22.7 Å². The smallest absolute Gasteiger partial charge is 0.266 e. The van der Waals surface area contributed by atoms with E-state index in [4.69, 9.17) is 10.2 Å². The van der Waals surface area contributed by atoms with Crippen LogP contribution >= 0.6 is 11.8 Å². The Bertz CT molecular complexity index is 1160. The number of hydrogen-bond acceptors (Lipinski definition) is 5. The van der Waals surface area contributed by atoms with Crippen molar-refractivity contribution in [2.45, 2.75) is 44.2 Å². The van der Waals surface area contributed by atoms with Crippen LogP contribution in [-0.4, -0.2) is 15.3 Å². The fourth-order valence-electron chi connectivity index (χ4n) is 3.22. The van der Waals surface area contributed by atoms with Crippen LogP contribution in [0.25, 0.3) is 16.6 Å². The van der Waals surface area contributed by atoms with Crippen LogP contribution in [0, 0.1) is 28.6 Å². The molecule has 0 aliphatic heterocycles. The summed E-state index contributed by atoms with van der Waals surface area (Å²) in [6.45, 7) is 4.34. The number of aromatic nitrogens is 2. The van der Waals surface area contributed by atoms with Gasteiger partial charge in [0.15, 0.2) is 5.16 Å². The molecule has 0 fully saturated rings. The van der Waals surface area contributed by atoms with Crippen LogP contribution in [0.4, 0.5) is 0 Å². The summed E-state index contributed by atoms with van der Waals surface area (Å²) in [6, 6.07) is 19.7. The number of para-hydroxylation sites is 1. The van der Waals surface area contributed by atoms with Gasteiger partial charge in [0, 0.05) is 12.2 Å². The summed E-state index contributed by atoms with van der Waals surface area (Å²) >= 11 is 1.39. The van der Waals surface area contributed by atoms with E-state index in [1.165, 1.54) is 17.3 Å². The molecular formula is C24H24N4OS. The van der Waals surface area contributed by atoms with E-state index in [0.29, 0.717) is 40.6 Å². The van der Waals surface area contributed by atoms with Crippen molar-refractivity contribution in [3.63, 3.8) is 0 Å². The van der Waals surface area contributed by atoms with E-state index < -0.39 is 0 Å². The number of benzene rings is 2. The molecule has 0 spiro atoms. The molecule has 3 aromatic rings. The molecule has 0 radical (unpaired) electrons. The Morgan fingerprint density at radius 1 is 1.13 bits per heavy atom. The van der Waals surface area contributed by atoms with Gasteiger partial charge in [-0.25, -0.2) is 4.98 Å². The first-order valence-electron chi connectivity index (χ1n) is 10.1. The van der Waals surface area contributed by atoms with Gasteiger partial charge in [0.2, 0.25) is 0 Å².